The number of carbonyl (C=O) groups is 2. The third-order valence-electron chi connectivity index (χ3n) is 4.21. The zero-order chi connectivity index (χ0) is 19.9. The van der Waals surface area contributed by atoms with Crippen LogP contribution in [0.5, 0.6) is 0 Å². The first-order valence-corrected chi connectivity index (χ1v) is 9.99. The molecule has 142 valence electrons. The Morgan fingerprint density at radius 2 is 1.93 bits per heavy atom. The number of nitriles is 1. The second-order valence-corrected chi connectivity index (χ2v) is 7.08. The minimum Gasteiger partial charge on any atom is -0.326 e. The van der Waals surface area contributed by atoms with E-state index in [9.17, 15) is 9.59 Å². The van der Waals surface area contributed by atoms with Crippen LogP contribution in [0.25, 0.3) is 11.0 Å². The summed E-state index contributed by atoms with van der Waals surface area (Å²) >= 11 is 1.37. The SMILES string of the molecule is CCC(=O)Nc1ccc(C(=O)CSc2nc3ccccc3n2CCC#N)cc1. The van der Waals surface area contributed by atoms with Gasteiger partial charge in [-0.25, -0.2) is 4.98 Å². The Hall–Kier alpha value is -3.11. The van der Waals surface area contributed by atoms with Crippen LogP contribution in [0.15, 0.2) is 53.7 Å². The highest BCUT2D eigenvalue weighted by atomic mass is 32.2. The van der Waals surface area contributed by atoms with Crippen LogP contribution in [-0.4, -0.2) is 27.0 Å². The van der Waals surface area contributed by atoms with Crippen LogP contribution >= 0.6 is 11.8 Å². The molecule has 1 amide bonds. The van der Waals surface area contributed by atoms with Gasteiger partial charge in [-0.3, -0.25) is 9.59 Å². The number of imidazole rings is 1. The Morgan fingerprint density at radius 1 is 1.18 bits per heavy atom. The molecule has 1 N–H and O–H groups in total. The number of benzene rings is 2. The minimum atomic E-state index is -0.0640. The van der Waals surface area contributed by atoms with Crippen molar-refractivity contribution in [1.82, 2.24) is 9.55 Å². The second-order valence-electron chi connectivity index (χ2n) is 6.13. The smallest absolute Gasteiger partial charge is 0.224 e. The van der Waals surface area contributed by atoms with Gasteiger partial charge in [-0.05, 0) is 36.4 Å². The summed E-state index contributed by atoms with van der Waals surface area (Å²) in [5.74, 6) is 0.166. The van der Waals surface area contributed by atoms with Crippen LogP contribution < -0.4 is 5.32 Å². The van der Waals surface area contributed by atoms with Crippen LogP contribution in [0.3, 0.4) is 0 Å². The summed E-state index contributed by atoms with van der Waals surface area (Å²) < 4.78 is 1.99. The third-order valence-corrected chi connectivity index (χ3v) is 5.19. The van der Waals surface area contributed by atoms with E-state index >= 15 is 0 Å². The Labute approximate surface area is 167 Å². The van der Waals surface area contributed by atoms with E-state index in [4.69, 9.17) is 5.26 Å². The largest absolute Gasteiger partial charge is 0.326 e. The van der Waals surface area contributed by atoms with Crippen molar-refractivity contribution < 1.29 is 9.59 Å². The first-order chi connectivity index (χ1) is 13.6. The number of para-hydroxylation sites is 2. The number of amides is 1. The van der Waals surface area contributed by atoms with Crippen LogP contribution in [0.4, 0.5) is 5.69 Å². The fourth-order valence-electron chi connectivity index (χ4n) is 2.74. The molecule has 0 aliphatic rings. The molecule has 0 fully saturated rings. The summed E-state index contributed by atoms with van der Waals surface area (Å²) in [7, 11) is 0. The monoisotopic (exact) mass is 392 g/mol. The molecule has 3 rings (SSSR count). The maximum Gasteiger partial charge on any atom is 0.224 e. The van der Waals surface area contributed by atoms with Crippen LogP contribution in [0, 0.1) is 11.3 Å². The molecule has 7 heteroatoms. The van der Waals surface area contributed by atoms with Gasteiger partial charge < -0.3 is 9.88 Å². The van der Waals surface area contributed by atoms with Gasteiger partial charge in [-0.15, -0.1) is 0 Å². The molecule has 0 unspecified atom stereocenters. The summed E-state index contributed by atoms with van der Waals surface area (Å²) in [6.45, 7) is 2.33. The van der Waals surface area contributed by atoms with Gasteiger partial charge in [0.1, 0.15) is 0 Å². The summed E-state index contributed by atoms with van der Waals surface area (Å²) in [4.78, 5) is 28.6. The fraction of sp³-hybridized carbons (Fsp3) is 0.238. The van der Waals surface area contributed by atoms with Crippen molar-refractivity contribution in [3.05, 3.63) is 54.1 Å². The van der Waals surface area contributed by atoms with Gasteiger partial charge in [0.25, 0.3) is 0 Å². The highest BCUT2D eigenvalue weighted by Gasteiger charge is 2.14. The van der Waals surface area contributed by atoms with Crippen molar-refractivity contribution in [3.63, 3.8) is 0 Å². The van der Waals surface area contributed by atoms with E-state index in [1.165, 1.54) is 11.8 Å². The molecule has 0 saturated carbocycles. The summed E-state index contributed by atoms with van der Waals surface area (Å²) in [6.07, 6.45) is 0.789. The van der Waals surface area contributed by atoms with Crippen LogP contribution in [0.1, 0.15) is 30.1 Å². The maximum atomic E-state index is 12.6. The standard InChI is InChI=1S/C21H20N4O2S/c1-2-20(27)23-16-10-8-15(9-11-16)19(26)14-28-21-24-17-6-3-4-7-18(17)25(21)13-5-12-22/h3-4,6-11H,2,5,13-14H2,1H3,(H,23,27). The van der Waals surface area contributed by atoms with E-state index in [1.807, 2.05) is 28.8 Å². The van der Waals surface area contributed by atoms with E-state index in [0.717, 1.165) is 16.2 Å². The number of hydrogen-bond donors (Lipinski definition) is 1. The molecule has 3 aromatic rings. The molecule has 0 radical (unpaired) electrons. The van der Waals surface area contributed by atoms with Gasteiger partial charge in [0.05, 0.1) is 29.3 Å². The Morgan fingerprint density at radius 3 is 2.64 bits per heavy atom. The van der Waals surface area contributed by atoms with E-state index in [-0.39, 0.29) is 17.4 Å². The molecule has 0 spiro atoms. The van der Waals surface area contributed by atoms with Crippen molar-refractivity contribution in [3.8, 4) is 6.07 Å². The summed E-state index contributed by atoms with van der Waals surface area (Å²) in [5, 5.41) is 12.4. The minimum absolute atomic E-state index is 0.0164. The number of nitrogens with one attached hydrogen (secondary N) is 1. The van der Waals surface area contributed by atoms with Crippen molar-refractivity contribution in [2.75, 3.05) is 11.1 Å². The van der Waals surface area contributed by atoms with Crippen LogP contribution in [0.2, 0.25) is 0 Å². The molecule has 2 aromatic carbocycles. The third kappa shape index (κ3) is 4.59. The van der Waals surface area contributed by atoms with Gasteiger partial charge in [0, 0.05) is 24.2 Å². The lowest BCUT2D eigenvalue weighted by molar-refractivity contribution is -0.115. The molecular formula is C21H20N4O2S. The summed E-state index contributed by atoms with van der Waals surface area (Å²) in [6, 6.07) is 16.8. The zero-order valence-corrected chi connectivity index (χ0v) is 16.3. The molecule has 1 heterocycles. The zero-order valence-electron chi connectivity index (χ0n) is 15.5. The lowest BCUT2D eigenvalue weighted by atomic mass is 10.1. The Bertz CT molecular complexity index is 1030. The number of fused-ring (bicyclic) bond motifs is 1. The molecule has 0 atom stereocenters. The normalized spacial score (nSPS) is 10.6. The lowest BCUT2D eigenvalue weighted by Gasteiger charge is -2.07. The van der Waals surface area contributed by atoms with Crippen molar-refractivity contribution in [2.45, 2.75) is 31.5 Å². The first kappa shape index (κ1) is 19.6. The van der Waals surface area contributed by atoms with Crippen molar-refractivity contribution in [1.29, 1.82) is 5.26 Å². The molecule has 0 saturated heterocycles. The number of aryl methyl sites for hydroxylation is 1. The highest BCUT2D eigenvalue weighted by molar-refractivity contribution is 7.99. The molecular weight excluding hydrogens is 372 g/mol. The quantitative estimate of drug-likeness (QED) is 0.457. The topological polar surface area (TPSA) is 87.8 Å². The number of nitrogens with zero attached hydrogens (tertiary/aromatic N) is 3. The number of Topliss-reactive ketones (excluding diaryl/α,β-unsaturated/α-hetero) is 1. The number of carbonyl (C=O) groups excluding carboxylic acids is 2. The van der Waals surface area contributed by atoms with Crippen LogP contribution in [-0.2, 0) is 11.3 Å². The summed E-state index contributed by atoms with van der Waals surface area (Å²) in [5.41, 5.74) is 3.08. The number of rotatable bonds is 8. The number of anilines is 1. The molecule has 0 aliphatic carbocycles. The number of hydrogen-bond acceptors (Lipinski definition) is 5. The van der Waals surface area contributed by atoms with Gasteiger partial charge >= 0.3 is 0 Å². The lowest BCUT2D eigenvalue weighted by Crippen LogP contribution is -2.10. The predicted molar refractivity (Wildman–Crippen MR) is 110 cm³/mol. The number of aromatic nitrogens is 2. The average molecular weight is 392 g/mol. The van der Waals surface area contributed by atoms with Gasteiger partial charge in [-0.2, -0.15) is 5.26 Å². The van der Waals surface area contributed by atoms with E-state index in [2.05, 4.69) is 16.4 Å². The van der Waals surface area contributed by atoms with Gasteiger partial charge in [-0.1, -0.05) is 30.8 Å². The molecule has 1 aromatic heterocycles. The van der Waals surface area contributed by atoms with E-state index < -0.39 is 0 Å². The predicted octanol–water partition coefficient (Wildman–Crippen LogP) is 4.27. The van der Waals surface area contributed by atoms with E-state index in [1.54, 1.807) is 31.2 Å². The number of thioether (sulfide) groups is 1. The van der Waals surface area contributed by atoms with Gasteiger partial charge in [0.15, 0.2) is 10.9 Å². The Kier molecular flexibility index (Phi) is 6.45. The first-order valence-electron chi connectivity index (χ1n) is 9.00. The molecule has 6 nitrogen and oxygen atoms in total. The Balaban J connectivity index is 1.70. The highest BCUT2D eigenvalue weighted by Crippen LogP contribution is 2.25. The average Bonchev–Trinajstić information content (AvgIpc) is 3.08. The fourth-order valence-corrected chi connectivity index (χ4v) is 3.68. The van der Waals surface area contributed by atoms with E-state index in [0.29, 0.717) is 30.6 Å². The molecule has 0 bridgehead atoms. The second kappa shape index (κ2) is 9.20. The van der Waals surface area contributed by atoms with Gasteiger partial charge in [0.2, 0.25) is 5.91 Å². The maximum absolute atomic E-state index is 12.6. The van der Waals surface area contributed by atoms with Crippen molar-refractivity contribution in [2.24, 2.45) is 0 Å². The number of ketones is 1. The van der Waals surface area contributed by atoms with Crippen molar-refractivity contribution >= 4 is 40.2 Å². The molecule has 28 heavy (non-hydrogen) atoms. The molecule has 0 aliphatic heterocycles.